The third kappa shape index (κ3) is 3.00. The SMILES string of the molecule is COc1cc(Oc2ccc(C)cc2N)cc(C(N)=O)c1. The number of methoxy groups -OCH3 is 1. The number of carbonyl (C=O) groups excluding carboxylic acids is 1. The minimum absolute atomic E-state index is 0.310. The fourth-order valence-corrected chi connectivity index (χ4v) is 1.78. The zero-order valence-electron chi connectivity index (χ0n) is 11.3. The molecule has 0 atom stereocenters. The molecule has 0 saturated carbocycles. The van der Waals surface area contributed by atoms with Crippen molar-refractivity contribution in [2.75, 3.05) is 12.8 Å². The van der Waals surface area contributed by atoms with E-state index in [0.717, 1.165) is 5.56 Å². The highest BCUT2D eigenvalue weighted by molar-refractivity contribution is 5.93. The number of hydrogen-bond acceptors (Lipinski definition) is 4. The van der Waals surface area contributed by atoms with E-state index in [9.17, 15) is 4.79 Å². The van der Waals surface area contributed by atoms with E-state index in [4.69, 9.17) is 20.9 Å². The first kappa shape index (κ1) is 13.7. The van der Waals surface area contributed by atoms with Gasteiger partial charge in [-0.3, -0.25) is 4.79 Å². The first-order chi connectivity index (χ1) is 9.49. The van der Waals surface area contributed by atoms with Gasteiger partial charge in [-0.05, 0) is 36.8 Å². The number of aryl methyl sites for hydroxylation is 1. The molecule has 0 saturated heterocycles. The van der Waals surface area contributed by atoms with Crippen molar-refractivity contribution < 1.29 is 14.3 Å². The Morgan fingerprint density at radius 3 is 2.40 bits per heavy atom. The molecular weight excluding hydrogens is 256 g/mol. The summed E-state index contributed by atoms with van der Waals surface area (Å²) < 4.78 is 10.8. The summed E-state index contributed by atoms with van der Waals surface area (Å²) in [4.78, 5) is 11.3. The van der Waals surface area contributed by atoms with Gasteiger partial charge in [0.15, 0.2) is 0 Å². The number of carbonyl (C=O) groups is 1. The zero-order chi connectivity index (χ0) is 14.7. The van der Waals surface area contributed by atoms with E-state index in [1.54, 1.807) is 24.3 Å². The molecule has 0 heterocycles. The number of nitrogens with two attached hydrogens (primary N) is 2. The molecule has 0 spiro atoms. The number of primary amides is 1. The molecule has 0 bridgehead atoms. The quantitative estimate of drug-likeness (QED) is 0.837. The van der Waals surface area contributed by atoms with Crippen LogP contribution in [0.3, 0.4) is 0 Å². The van der Waals surface area contributed by atoms with Crippen molar-refractivity contribution in [1.29, 1.82) is 0 Å². The first-order valence-electron chi connectivity index (χ1n) is 6.02. The maximum Gasteiger partial charge on any atom is 0.248 e. The largest absolute Gasteiger partial charge is 0.497 e. The van der Waals surface area contributed by atoms with Crippen LogP contribution in [0, 0.1) is 6.92 Å². The van der Waals surface area contributed by atoms with Crippen molar-refractivity contribution in [2.45, 2.75) is 6.92 Å². The summed E-state index contributed by atoms with van der Waals surface area (Å²) in [5.41, 5.74) is 13.0. The number of anilines is 1. The summed E-state index contributed by atoms with van der Waals surface area (Å²) >= 11 is 0. The minimum atomic E-state index is -0.550. The van der Waals surface area contributed by atoms with Crippen LogP contribution in [0.4, 0.5) is 5.69 Å². The Hall–Kier alpha value is -2.69. The number of nitrogen functional groups attached to an aromatic ring is 1. The fourth-order valence-electron chi connectivity index (χ4n) is 1.78. The summed E-state index contributed by atoms with van der Waals surface area (Å²) in [5.74, 6) is 0.889. The van der Waals surface area contributed by atoms with Crippen LogP contribution in [0.25, 0.3) is 0 Å². The van der Waals surface area contributed by atoms with Gasteiger partial charge in [0, 0.05) is 11.6 Å². The molecule has 20 heavy (non-hydrogen) atoms. The first-order valence-corrected chi connectivity index (χ1v) is 6.02. The van der Waals surface area contributed by atoms with E-state index in [1.165, 1.54) is 7.11 Å². The second-order valence-electron chi connectivity index (χ2n) is 4.40. The van der Waals surface area contributed by atoms with Crippen LogP contribution in [-0.4, -0.2) is 13.0 Å². The molecule has 104 valence electrons. The summed E-state index contributed by atoms with van der Waals surface area (Å²) in [6.45, 7) is 1.94. The van der Waals surface area contributed by atoms with Gasteiger partial charge in [-0.1, -0.05) is 6.07 Å². The zero-order valence-corrected chi connectivity index (χ0v) is 11.3. The summed E-state index contributed by atoms with van der Waals surface area (Å²) in [6.07, 6.45) is 0. The molecule has 0 aliphatic rings. The van der Waals surface area contributed by atoms with Gasteiger partial charge in [0.25, 0.3) is 0 Å². The maximum atomic E-state index is 11.3. The maximum absolute atomic E-state index is 11.3. The Balaban J connectivity index is 2.37. The van der Waals surface area contributed by atoms with Gasteiger partial charge < -0.3 is 20.9 Å². The van der Waals surface area contributed by atoms with Crippen molar-refractivity contribution in [3.05, 3.63) is 47.5 Å². The average Bonchev–Trinajstić information content (AvgIpc) is 2.41. The van der Waals surface area contributed by atoms with E-state index in [-0.39, 0.29) is 0 Å². The monoisotopic (exact) mass is 272 g/mol. The standard InChI is InChI=1S/C15H16N2O3/c1-9-3-4-14(13(16)5-9)20-12-7-10(15(17)18)6-11(8-12)19-2/h3-8H,16H2,1-2H3,(H2,17,18). The smallest absolute Gasteiger partial charge is 0.248 e. The fraction of sp³-hybridized carbons (Fsp3) is 0.133. The van der Waals surface area contributed by atoms with Gasteiger partial charge in [0.2, 0.25) is 5.91 Å². The Morgan fingerprint density at radius 1 is 1.10 bits per heavy atom. The highest BCUT2D eigenvalue weighted by Gasteiger charge is 2.09. The molecule has 0 aliphatic carbocycles. The molecule has 2 rings (SSSR count). The number of hydrogen-bond donors (Lipinski definition) is 2. The molecule has 2 aromatic carbocycles. The second kappa shape index (κ2) is 5.52. The molecule has 5 heteroatoms. The van der Waals surface area contributed by atoms with Crippen molar-refractivity contribution in [2.24, 2.45) is 5.73 Å². The van der Waals surface area contributed by atoms with Crippen LogP contribution in [0.1, 0.15) is 15.9 Å². The number of benzene rings is 2. The Kier molecular flexibility index (Phi) is 3.79. The second-order valence-corrected chi connectivity index (χ2v) is 4.40. The van der Waals surface area contributed by atoms with Gasteiger partial charge in [-0.2, -0.15) is 0 Å². The van der Waals surface area contributed by atoms with Crippen LogP contribution >= 0.6 is 0 Å². The van der Waals surface area contributed by atoms with Crippen molar-refractivity contribution >= 4 is 11.6 Å². The third-order valence-corrected chi connectivity index (χ3v) is 2.79. The van der Waals surface area contributed by atoms with Crippen LogP contribution in [0.5, 0.6) is 17.2 Å². The van der Waals surface area contributed by atoms with Crippen molar-refractivity contribution in [3.8, 4) is 17.2 Å². The van der Waals surface area contributed by atoms with Gasteiger partial charge in [0.05, 0.1) is 12.8 Å². The van der Waals surface area contributed by atoms with E-state index >= 15 is 0 Å². The summed E-state index contributed by atoms with van der Waals surface area (Å²) in [6, 6.07) is 10.2. The normalized spacial score (nSPS) is 10.1. The lowest BCUT2D eigenvalue weighted by atomic mass is 10.2. The van der Waals surface area contributed by atoms with Crippen LogP contribution in [0.15, 0.2) is 36.4 Å². The van der Waals surface area contributed by atoms with Gasteiger partial charge >= 0.3 is 0 Å². The lowest BCUT2D eigenvalue weighted by Crippen LogP contribution is -2.11. The van der Waals surface area contributed by atoms with E-state index < -0.39 is 5.91 Å². The van der Waals surface area contributed by atoms with Gasteiger partial charge in [0.1, 0.15) is 17.2 Å². The summed E-state index contributed by atoms with van der Waals surface area (Å²) in [7, 11) is 1.50. The lowest BCUT2D eigenvalue weighted by Gasteiger charge is -2.11. The number of ether oxygens (including phenoxy) is 2. The molecule has 2 aromatic rings. The Labute approximate surface area is 117 Å². The Bertz CT molecular complexity index is 654. The number of rotatable bonds is 4. The molecule has 1 amide bonds. The molecule has 0 radical (unpaired) electrons. The van der Waals surface area contributed by atoms with Crippen LogP contribution in [-0.2, 0) is 0 Å². The third-order valence-electron chi connectivity index (χ3n) is 2.79. The molecule has 0 unspecified atom stereocenters. The predicted molar refractivity (Wildman–Crippen MR) is 77.2 cm³/mol. The topological polar surface area (TPSA) is 87.6 Å². The molecule has 5 nitrogen and oxygen atoms in total. The van der Waals surface area contributed by atoms with Crippen LogP contribution in [0.2, 0.25) is 0 Å². The molecular formula is C15H16N2O3. The summed E-state index contributed by atoms with van der Waals surface area (Å²) in [5, 5.41) is 0. The molecule has 4 N–H and O–H groups in total. The highest BCUT2D eigenvalue weighted by Crippen LogP contribution is 2.31. The van der Waals surface area contributed by atoms with Gasteiger partial charge in [-0.15, -0.1) is 0 Å². The lowest BCUT2D eigenvalue weighted by molar-refractivity contribution is 0.0999. The number of amides is 1. The minimum Gasteiger partial charge on any atom is -0.497 e. The molecule has 0 fully saturated rings. The van der Waals surface area contributed by atoms with Crippen molar-refractivity contribution in [1.82, 2.24) is 0 Å². The van der Waals surface area contributed by atoms with E-state index in [2.05, 4.69) is 0 Å². The van der Waals surface area contributed by atoms with Gasteiger partial charge in [-0.25, -0.2) is 0 Å². The Morgan fingerprint density at radius 2 is 1.80 bits per heavy atom. The molecule has 0 aromatic heterocycles. The molecule has 0 aliphatic heterocycles. The van der Waals surface area contributed by atoms with E-state index in [0.29, 0.717) is 28.5 Å². The predicted octanol–water partition coefficient (Wildman–Crippen LogP) is 2.48. The van der Waals surface area contributed by atoms with Crippen molar-refractivity contribution in [3.63, 3.8) is 0 Å². The highest BCUT2D eigenvalue weighted by atomic mass is 16.5. The van der Waals surface area contributed by atoms with E-state index in [1.807, 2.05) is 19.1 Å². The average molecular weight is 272 g/mol. The van der Waals surface area contributed by atoms with Crippen LogP contribution < -0.4 is 20.9 Å².